The van der Waals surface area contributed by atoms with Gasteiger partial charge in [0.25, 0.3) is 5.56 Å². The first-order chi connectivity index (χ1) is 10.7. The van der Waals surface area contributed by atoms with Crippen LogP contribution in [0.1, 0.15) is 20.8 Å². The lowest BCUT2D eigenvalue weighted by atomic mass is 9.98. The van der Waals surface area contributed by atoms with Crippen LogP contribution in [0, 0.1) is 5.41 Å². The molecular formula is C15H21N5O3. The van der Waals surface area contributed by atoms with E-state index in [1.165, 1.54) is 10.9 Å². The maximum absolute atomic E-state index is 12.5. The number of ether oxygens (including phenoxy) is 1. The van der Waals surface area contributed by atoms with E-state index >= 15 is 0 Å². The third-order valence-electron chi connectivity index (χ3n) is 2.99. The number of carbonyl (C=O) groups excluding carboxylic acids is 1. The van der Waals surface area contributed by atoms with Crippen LogP contribution in [0.4, 0.5) is 5.95 Å². The second-order valence-electron chi connectivity index (χ2n) is 6.40. The quantitative estimate of drug-likeness (QED) is 0.523. The molecule has 0 aliphatic heterocycles. The molecule has 2 heterocycles. The van der Waals surface area contributed by atoms with Gasteiger partial charge in [0, 0.05) is 20.3 Å². The van der Waals surface area contributed by atoms with Crippen molar-refractivity contribution < 1.29 is 9.53 Å². The third-order valence-corrected chi connectivity index (χ3v) is 2.99. The minimum absolute atomic E-state index is 0.178. The van der Waals surface area contributed by atoms with E-state index in [0.29, 0.717) is 11.0 Å². The Morgan fingerprint density at radius 3 is 2.78 bits per heavy atom. The van der Waals surface area contributed by atoms with Gasteiger partial charge in [0.15, 0.2) is 6.73 Å². The molecule has 0 aromatic carbocycles. The number of hydrogen-bond donors (Lipinski definition) is 1. The molecule has 1 N–H and O–H groups in total. The van der Waals surface area contributed by atoms with Crippen molar-refractivity contribution in [3.8, 4) is 0 Å². The summed E-state index contributed by atoms with van der Waals surface area (Å²) in [6, 6.07) is 1.69. The minimum atomic E-state index is -0.652. The van der Waals surface area contributed by atoms with Gasteiger partial charge in [-0.05, 0) is 26.8 Å². The highest BCUT2D eigenvalue weighted by atomic mass is 16.5. The number of fused-ring (bicyclic) bond motifs is 1. The topological polar surface area (TPSA) is 92.6 Å². The van der Waals surface area contributed by atoms with E-state index in [4.69, 9.17) is 4.74 Å². The van der Waals surface area contributed by atoms with Gasteiger partial charge in [0.2, 0.25) is 5.95 Å². The van der Waals surface area contributed by atoms with E-state index in [1.54, 1.807) is 52.0 Å². The van der Waals surface area contributed by atoms with Gasteiger partial charge in [0.05, 0.1) is 17.3 Å². The van der Waals surface area contributed by atoms with Crippen molar-refractivity contribution in [2.75, 3.05) is 14.1 Å². The first-order valence-electron chi connectivity index (χ1n) is 7.16. The molecule has 0 fully saturated rings. The summed E-state index contributed by atoms with van der Waals surface area (Å²) in [5.74, 6) is -0.226. The van der Waals surface area contributed by atoms with Crippen LogP contribution < -0.4 is 5.56 Å². The Hall–Kier alpha value is -2.64. The van der Waals surface area contributed by atoms with E-state index in [0.717, 1.165) is 0 Å². The van der Waals surface area contributed by atoms with Crippen LogP contribution in [-0.2, 0) is 16.3 Å². The van der Waals surface area contributed by atoms with Crippen molar-refractivity contribution in [1.82, 2.24) is 19.4 Å². The molecule has 0 saturated carbocycles. The van der Waals surface area contributed by atoms with Crippen molar-refractivity contribution >= 4 is 29.3 Å². The third kappa shape index (κ3) is 3.77. The Labute approximate surface area is 133 Å². The second kappa shape index (κ2) is 6.23. The highest BCUT2D eigenvalue weighted by molar-refractivity contribution is 5.76. The number of rotatable bonds is 4. The number of nitrogens with one attached hydrogen (secondary N) is 1. The zero-order valence-corrected chi connectivity index (χ0v) is 14.0. The van der Waals surface area contributed by atoms with Crippen molar-refractivity contribution in [3.63, 3.8) is 0 Å². The van der Waals surface area contributed by atoms with E-state index in [-0.39, 0.29) is 18.2 Å². The Morgan fingerprint density at radius 1 is 1.48 bits per heavy atom. The first-order valence-corrected chi connectivity index (χ1v) is 7.16. The molecule has 0 amide bonds. The Morgan fingerprint density at radius 2 is 2.17 bits per heavy atom. The van der Waals surface area contributed by atoms with Gasteiger partial charge in [-0.15, -0.1) is 0 Å². The van der Waals surface area contributed by atoms with Crippen molar-refractivity contribution in [2.24, 2.45) is 10.4 Å². The number of aromatic nitrogens is 3. The molecule has 0 atom stereocenters. The fourth-order valence-electron chi connectivity index (χ4n) is 1.74. The fraction of sp³-hybridized carbons (Fsp3) is 0.467. The molecule has 8 nitrogen and oxygen atoms in total. The standard InChI is InChI=1S/C15H21N5O3/c1-15(2,3)13(22)23-9-20-12(21)11-10(6-7-16-11)18-14(20)17-8-19(4)5/h6-8,16H,9H2,1-5H3/b17-8+. The van der Waals surface area contributed by atoms with Gasteiger partial charge >= 0.3 is 5.97 Å². The van der Waals surface area contributed by atoms with Crippen molar-refractivity contribution in [1.29, 1.82) is 0 Å². The summed E-state index contributed by atoms with van der Waals surface area (Å²) in [5.41, 5.74) is -0.131. The maximum atomic E-state index is 12.5. The van der Waals surface area contributed by atoms with Crippen molar-refractivity contribution in [3.05, 3.63) is 22.6 Å². The van der Waals surface area contributed by atoms with E-state index in [1.807, 2.05) is 0 Å². The van der Waals surface area contributed by atoms with Crippen LogP contribution in [0.15, 0.2) is 22.1 Å². The van der Waals surface area contributed by atoms with Crippen molar-refractivity contribution in [2.45, 2.75) is 27.5 Å². The normalized spacial score (nSPS) is 12.0. The maximum Gasteiger partial charge on any atom is 0.312 e. The number of nitrogens with zero attached hydrogens (tertiary/aromatic N) is 4. The van der Waals surface area contributed by atoms with Crippen LogP contribution in [0.25, 0.3) is 11.0 Å². The summed E-state index contributed by atoms with van der Waals surface area (Å²) in [7, 11) is 3.61. The molecule has 0 unspecified atom stereocenters. The lowest BCUT2D eigenvalue weighted by Gasteiger charge is -2.17. The SMILES string of the molecule is CN(C)/C=N/c1nc2cc[nH]c2c(=O)n1COC(=O)C(C)(C)C. The first kappa shape index (κ1) is 16.7. The van der Waals surface area contributed by atoms with Crippen LogP contribution >= 0.6 is 0 Å². The largest absolute Gasteiger partial charge is 0.443 e. The molecule has 8 heteroatoms. The average Bonchev–Trinajstić information content (AvgIpc) is 2.91. The zero-order chi connectivity index (χ0) is 17.2. The average molecular weight is 319 g/mol. The Balaban J connectivity index is 2.42. The van der Waals surface area contributed by atoms with Gasteiger partial charge < -0.3 is 14.6 Å². The zero-order valence-electron chi connectivity index (χ0n) is 14.0. The minimum Gasteiger partial charge on any atom is -0.443 e. The summed E-state index contributed by atoms with van der Waals surface area (Å²) >= 11 is 0. The van der Waals surface area contributed by atoms with E-state index in [9.17, 15) is 9.59 Å². The molecule has 0 saturated heterocycles. The van der Waals surface area contributed by atoms with E-state index in [2.05, 4.69) is 15.0 Å². The molecule has 0 spiro atoms. The molecule has 2 aromatic heterocycles. The molecular weight excluding hydrogens is 298 g/mol. The number of esters is 1. The van der Waals surface area contributed by atoms with Gasteiger partial charge in [-0.3, -0.25) is 9.59 Å². The lowest BCUT2D eigenvalue weighted by molar-refractivity contribution is -0.157. The predicted octanol–water partition coefficient (Wildman–Crippen LogP) is 1.49. The van der Waals surface area contributed by atoms with Gasteiger partial charge in [-0.2, -0.15) is 0 Å². The Bertz CT molecular complexity index is 796. The molecule has 124 valence electrons. The molecule has 0 aliphatic rings. The van der Waals surface area contributed by atoms with Crippen LogP contribution in [-0.4, -0.2) is 45.8 Å². The summed E-state index contributed by atoms with van der Waals surface area (Å²) in [5, 5.41) is 0. The highest BCUT2D eigenvalue weighted by Gasteiger charge is 2.23. The summed E-state index contributed by atoms with van der Waals surface area (Å²) in [4.78, 5) is 37.5. The number of carbonyl (C=O) groups is 1. The molecule has 0 aliphatic carbocycles. The number of aliphatic imine (C=N–C) groups is 1. The van der Waals surface area contributed by atoms with Crippen LogP contribution in [0.3, 0.4) is 0 Å². The van der Waals surface area contributed by atoms with E-state index < -0.39 is 11.4 Å². The molecule has 23 heavy (non-hydrogen) atoms. The van der Waals surface area contributed by atoms with Crippen LogP contribution in [0.2, 0.25) is 0 Å². The molecule has 2 aromatic rings. The number of aromatic amines is 1. The fourth-order valence-corrected chi connectivity index (χ4v) is 1.74. The predicted molar refractivity (Wildman–Crippen MR) is 87.7 cm³/mol. The van der Waals surface area contributed by atoms with Gasteiger partial charge in [0.1, 0.15) is 5.52 Å². The highest BCUT2D eigenvalue weighted by Crippen LogP contribution is 2.17. The molecule has 2 rings (SSSR count). The monoisotopic (exact) mass is 319 g/mol. The van der Waals surface area contributed by atoms with Gasteiger partial charge in [-0.25, -0.2) is 14.5 Å². The van der Waals surface area contributed by atoms with Crippen LogP contribution in [0.5, 0.6) is 0 Å². The summed E-state index contributed by atoms with van der Waals surface area (Å²) in [6.45, 7) is 5.00. The second-order valence-corrected chi connectivity index (χ2v) is 6.40. The summed E-state index contributed by atoms with van der Waals surface area (Å²) in [6.07, 6.45) is 3.16. The Kier molecular flexibility index (Phi) is 4.53. The lowest BCUT2D eigenvalue weighted by Crippen LogP contribution is -2.28. The molecule has 0 bridgehead atoms. The number of hydrogen-bond acceptors (Lipinski definition) is 5. The molecule has 0 radical (unpaired) electrons. The number of H-pyrrole nitrogens is 1. The summed E-state index contributed by atoms with van der Waals surface area (Å²) < 4.78 is 6.45. The smallest absolute Gasteiger partial charge is 0.312 e. The van der Waals surface area contributed by atoms with Gasteiger partial charge in [-0.1, -0.05) is 0 Å².